The zero-order valence-electron chi connectivity index (χ0n) is 17.0. The number of benzene rings is 3. The van der Waals surface area contributed by atoms with E-state index in [4.69, 9.17) is 4.84 Å². The Hall–Kier alpha value is -3.82. The van der Waals surface area contributed by atoms with Crippen molar-refractivity contribution in [1.82, 2.24) is 9.37 Å². The average Bonchev–Trinajstić information content (AvgIpc) is 3.05. The van der Waals surface area contributed by atoms with Crippen LogP contribution in [0, 0.1) is 0 Å². The maximum atomic E-state index is 12.8. The monoisotopic (exact) mass is 450 g/mol. The maximum Gasteiger partial charge on any atom is 0.363 e. The van der Waals surface area contributed by atoms with E-state index < -0.39 is 27.8 Å². The molecule has 1 heterocycles. The molecule has 1 aliphatic heterocycles. The molecule has 0 saturated heterocycles. The number of rotatable bonds is 6. The molecule has 0 aliphatic carbocycles. The normalized spacial score (nSPS) is 13.4. The molecule has 0 radical (unpaired) electrons. The number of amides is 2. The molecule has 0 aromatic heterocycles. The number of hydroxylamine groups is 2. The molecular formula is C23H18N2O6S. The first kappa shape index (κ1) is 21.4. The van der Waals surface area contributed by atoms with Crippen LogP contribution in [-0.2, 0) is 21.4 Å². The number of imide groups is 1. The second kappa shape index (κ2) is 8.37. The number of carbonyl (C=O) groups is 3. The van der Waals surface area contributed by atoms with Crippen molar-refractivity contribution in [1.29, 1.82) is 0 Å². The fraction of sp³-hybridized carbons (Fsp3) is 0.0870. The van der Waals surface area contributed by atoms with Crippen LogP contribution in [0.3, 0.4) is 0 Å². The molecule has 0 N–H and O–H groups in total. The van der Waals surface area contributed by atoms with Crippen LogP contribution in [0.15, 0.2) is 83.8 Å². The molecule has 0 fully saturated rings. The van der Waals surface area contributed by atoms with Crippen LogP contribution in [0.4, 0.5) is 0 Å². The minimum Gasteiger partial charge on any atom is -0.324 e. The summed E-state index contributed by atoms with van der Waals surface area (Å²) in [4.78, 5) is 42.1. The van der Waals surface area contributed by atoms with E-state index in [1.807, 2.05) is 30.3 Å². The van der Waals surface area contributed by atoms with Crippen molar-refractivity contribution in [3.8, 4) is 0 Å². The van der Waals surface area contributed by atoms with Crippen LogP contribution in [-0.4, -0.2) is 42.6 Å². The topological polar surface area (TPSA) is 101 Å². The summed E-state index contributed by atoms with van der Waals surface area (Å²) in [6.07, 6.45) is 0. The molecule has 0 atom stereocenters. The predicted molar refractivity (Wildman–Crippen MR) is 114 cm³/mol. The van der Waals surface area contributed by atoms with Crippen LogP contribution in [0.5, 0.6) is 0 Å². The van der Waals surface area contributed by atoms with Crippen LogP contribution in [0.25, 0.3) is 0 Å². The Bertz CT molecular complexity index is 1270. The van der Waals surface area contributed by atoms with Crippen molar-refractivity contribution in [2.75, 3.05) is 7.05 Å². The number of sulfonamides is 1. The van der Waals surface area contributed by atoms with E-state index in [2.05, 4.69) is 0 Å². The second-order valence-corrected chi connectivity index (χ2v) is 9.14. The first-order chi connectivity index (χ1) is 15.3. The van der Waals surface area contributed by atoms with Gasteiger partial charge in [0.05, 0.1) is 21.6 Å². The second-order valence-electron chi connectivity index (χ2n) is 7.10. The van der Waals surface area contributed by atoms with Gasteiger partial charge in [0.1, 0.15) is 0 Å². The maximum absolute atomic E-state index is 12.8. The third-order valence-corrected chi connectivity index (χ3v) is 6.79. The Balaban J connectivity index is 1.47. The molecule has 8 nitrogen and oxygen atoms in total. The molecule has 0 spiro atoms. The highest BCUT2D eigenvalue weighted by molar-refractivity contribution is 7.89. The summed E-state index contributed by atoms with van der Waals surface area (Å²) < 4.78 is 26.8. The lowest BCUT2D eigenvalue weighted by Gasteiger charge is -2.17. The largest absolute Gasteiger partial charge is 0.363 e. The molecular weight excluding hydrogens is 432 g/mol. The molecule has 2 amide bonds. The van der Waals surface area contributed by atoms with Gasteiger partial charge in [0.25, 0.3) is 11.8 Å². The average molecular weight is 450 g/mol. The molecule has 3 aromatic carbocycles. The van der Waals surface area contributed by atoms with Gasteiger partial charge in [-0.3, -0.25) is 9.59 Å². The minimum absolute atomic E-state index is 0.00629. The summed E-state index contributed by atoms with van der Waals surface area (Å²) in [7, 11) is -2.33. The molecule has 32 heavy (non-hydrogen) atoms. The molecule has 1 aliphatic rings. The van der Waals surface area contributed by atoms with Gasteiger partial charge in [-0.05, 0) is 42.0 Å². The smallest absolute Gasteiger partial charge is 0.324 e. The summed E-state index contributed by atoms with van der Waals surface area (Å²) in [6, 6.07) is 20.4. The van der Waals surface area contributed by atoms with E-state index in [9.17, 15) is 22.8 Å². The third-order valence-electron chi connectivity index (χ3n) is 4.98. The molecule has 0 unspecified atom stereocenters. The van der Waals surface area contributed by atoms with Crippen molar-refractivity contribution in [2.45, 2.75) is 11.4 Å². The first-order valence-electron chi connectivity index (χ1n) is 9.59. The number of nitrogens with zero attached hydrogens (tertiary/aromatic N) is 2. The van der Waals surface area contributed by atoms with Crippen LogP contribution >= 0.6 is 0 Å². The van der Waals surface area contributed by atoms with Gasteiger partial charge in [-0.2, -0.15) is 4.31 Å². The molecule has 0 saturated carbocycles. The summed E-state index contributed by atoms with van der Waals surface area (Å²) in [5, 5.41) is 0.408. The molecule has 0 bridgehead atoms. The summed E-state index contributed by atoms with van der Waals surface area (Å²) >= 11 is 0. The van der Waals surface area contributed by atoms with Crippen molar-refractivity contribution in [3.05, 3.63) is 101 Å². The van der Waals surface area contributed by atoms with Gasteiger partial charge in [0.2, 0.25) is 10.0 Å². The Morgan fingerprint density at radius 1 is 0.844 bits per heavy atom. The third kappa shape index (κ3) is 3.91. The van der Waals surface area contributed by atoms with Crippen LogP contribution in [0.1, 0.15) is 36.6 Å². The first-order valence-corrected chi connectivity index (χ1v) is 11.0. The van der Waals surface area contributed by atoms with Crippen molar-refractivity contribution >= 4 is 27.8 Å². The minimum atomic E-state index is -3.79. The van der Waals surface area contributed by atoms with Gasteiger partial charge in [-0.25, -0.2) is 13.2 Å². The van der Waals surface area contributed by atoms with E-state index >= 15 is 0 Å². The molecule has 4 rings (SSSR count). The summed E-state index contributed by atoms with van der Waals surface area (Å²) in [5.74, 6) is -2.43. The van der Waals surface area contributed by atoms with Gasteiger partial charge >= 0.3 is 5.97 Å². The summed E-state index contributed by atoms with van der Waals surface area (Å²) in [6.45, 7) is 0.187. The van der Waals surface area contributed by atoms with Gasteiger partial charge in [0, 0.05) is 13.6 Å². The Morgan fingerprint density at radius 3 is 1.94 bits per heavy atom. The highest BCUT2D eigenvalue weighted by atomic mass is 32.2. The molecule has 162 valence electrons. The number of fused-ring (bicyclic) bond motifs is 1. The Morgan fingerprint density at radius 2 is 1.38 bits per heavy atom. The van der Waals surface area contributed by atoms with Gasteiger partial charge in [-0.15, -0.1) is 0 Å². The van der Waals surface area contributed by atoms with Gasteiger partial charge in [0.15, 0.2) is 0 Å². The number of carbonyl (C=O) groups excluding carboxylic acids is 3. The fourth-order valence-corrected chi connectivity index (χ4v) is 4.41. The highest BCUT2D eigenvalue weighted by Gasteiger charge is 2.38. The van der Waals surface area contributed by atoms with E-state index in [1.165, 1.54) is 47.8 Å². The fourth-order valence-electron chi connectivity index (χ4n) is 3.25. The van der Waals surface area contributed by atoms with Crippen molar-refractivity contribution < 1.29 is 27.6 Å². The lowest BCUT2D eigenvalue weighted by Crippen LogP contribution is -2.32. The lowest BCUT2D eigenvalue weighted by molar-refractivity contribution is -0.0584. The van der Waals surface area contributed by atoms with Gasteiger partial charge in [-0.1, -0.05) is 47.5 Å². The summed E-state index contributed by atoms with van der Waals surface area (Å²) in [5.41, 5.74) is 1.12. The van der Waals surface area contributed by atoms with Crippen molar-refractivity contribution in [3.63, 3.8) is 0 Å². The quantitative estimate of drug-likeness (QED) is 0.536. The zero-order chi connectivity index (χ0) is 22.9. The SMILES string of the molecule is CN(Cc1ccccc1)S(=O)(=O)c1ccc(C(=O)ON2C(=O)c3ccccc3C2=O)cc1. The lowest BCUT2D eigenvalue weighted by atomic mass is 10.1. The molecule has 9 heteroatoms. The van der Waals surface area contributed by atoms with Crippen molar-refractivity contribution in [2.24, 2.45) is 0 Å². The number of hydrogen-bond acceptors (Lipinski definition) is 6. The van der Waals surface area contributed by atoms with E-state index in [0.29, 0.717) is 5.06 Å². The zero-order valence-corrected chi connectivity index (χ0v) is 17.8. The van der Waals surface area contributed by atoms with Gasteiger partial charge < -0.3 is 4.84 Å². The van der Waals surface area contributed by atoms with Crippen LogP contribution in [0.2, 0.25) is 0 Å². The van der Waals surface area contributed by atoms with E-state index in [-0.39, 0.29) is 28.1 Å². The predicted octanol–water partition coefficient (Wildman–Crippen LogP) is 2.88. The molecule has 3 aromatic rings. The van der Waals surface area contributed by atoms with E-state index in [0.717, 1.165) is 5.56 Å². The van der Waals surface area contributed by atoms with Crippen LogP contribution < -0.4 is 0 Å². The Kier molecular flexibility index (Phi) is 5.60. The number of hydrogen-bond donors (Lipinski definition) is 0. The standard InChI is InChI=1S/C23H18N2O6S/c1-24(15-16-7-3-2-4-8-16)32(29,30)18-13-11-17(12-14-18)23(28)31-25-21(26)19-9-5-6-10-20(19)22(25)27/h2-14H,15H2,1H3. The van der Waals surface area contributed by atoms with E-state index in [1.54, 1.807) is 12.1 Å². The Labute approximate surface area is 184 Å². The highest BCUT2D eigenvalue weighted by Crippen LogP contribution is 2.24.